The van der Waals surface area contributed by atoms with Gasteiger partial charge in [-0.3, -0.25) is 14.5 Å². The number of carbonyl (C=O) groups is 2. The van der Waals surface area contributed by atoms with Gasteiger partial charge in [0.25, 0.3) is 5.91 Å². The minimum Gasteiger partial charge on any atom is -0.369 e. The van der Waals surface area contributed by atoms with E-state index >= 15 is 0 Å². The molecule has 1 saturated heterocycles. The van der Waals surface area contributed by atoms with Crippen molar-refractivity contribution in [2.75, 3.05) is 13.1 Å². The van der Waals surface area contributed by atoms with Crippen molar-refractivity contribution < 1.29 is 9.59 Å². The molecule has 1 fully saturated rings. The molecule has 2 aliphatic rings. The number of rotatable bonds is 6. The summed E-state index contributed by atoms with van der Waals surface area (Å²) in [6.45, 7) is 7.81. The van der Waals surface area contributed by atoms with Gasteiger partial charge in [-0.25, -0.2) is 4.98 Å². The molecule has 160 valence electrons. The second kappa shape index (κ2) is 8.51. The maximum absolute atomic E-state index is 13.3. The maximum atomic E-state index is 13.3. The molecular weight excluding hydrogens is 398 g/mol. The van der Waals surface area contributed by atoms with E-state index in [0.717, 1.165) is 31.5 Å². The van der Waals surface area contributed by atoms with Crippen LogP contribution in [0.25, 0.3) is 0 Å². The number of piperidine rings is 1. The lowest BCUT2D eigenvalue weighted by Crippen LogP contribution is -2.45. The molecule has 0 bridgehead atoms. The number of nitrogens with zero attached hydrogens (tertiary/aromatic N) is 4. The zero-order valence-electron chi connectivity index (χ0n) is 17.7. The molecule has 30 heavy (non-hydrogen) atoms. The first kappa shape index (κ1) is 21.1. The Morgan fingerprint density at radius 3 is 2.37 bits per heavy atom. The second-order valence-corrected chi connectivity index (χ2v) is 9.54. The van der Waals surface area contributed by atoms with Crippen molar-refractivity contribution in [3.8, 4) is 0 Å². The molecule has 7 nitrogen and oxygen atoms in total. The summed E-state index contributed by atoms with van der Waals surface area (Å²) < 4.78 is 1.47. The van der Waals surface area contributed by atoms with Crippen molar-refractivity contribution in [1.82, 2.24) is 19.7 Å². The average Bonchev–Trinajstić information content (AvgIpc) is 3.28. The molecule has 1 amide bonds. The van der Waals surface area contributed by atoms with E-state index in [1.54, 1.807) is 0 Å². The molecule has 3 heterocycles. The van der Waals surface area contributed by atoms with Crippen LogP contribution in [-0.4, -0.2) is 49.8 Å². The third-order valence-corrected chi connectivity index (χ3v) is 7.37. The van der Waals surface area contributed by atoms with Gasteiger partial charge in [0.05, 0.1) is 6.04 Å². The van der Waals surface area contributed by atoms with Crippen LogP contribution in [0.4, 0.5) is 0 Å². The van der Waals surface area contributed by atoms with Gasteiger partial charge in [-0.15, -0.1) is 5.10 Å². The van der Waals surface area contributed by atoms with E-state index in [1.165, 1.54) is 22.0 Å². The fraction of sp³-hybridized carbons (Fsp3) is 0.545. The summed E-state index contributed by atoms with van der Waals surface area (Å²) in [4.78, 5) is 31.7. The molecule has 2 N–H and O–H groups in total. The third-order valence-electron chi connectivity index (χ3n) is 6.18. The number of fused-ring (bicyclic) bond motifs is 1. The van der Waals surface area contributed by atoms with Crippen LogP contribution < -0.4 is 5.73 Å². The Kier molecular flexibility index (Phi) is 5.97. The van der Waals surface area contributed by atoms with Crippen molar-refractivity contribution in [1.29, 1.82) is 0 Å². The lowest BCUT2D eigenvalue weighted by atomic mass is 9.91. The van der Waals surface area contributed by atoms with Gasteiger partial charge in [0.15, 0.2) is 11.0 Å². The lowest BCUT2D eigenvalue weighted by Gasteiger charge is -2.38. The van der Waals surface area contributed by atoms with Crippen LogP contribution in [0.15, 0.2) is 29.4 Å². The van der Waals surface area contributed by atoms with Crippen LogP contribution in [0.2, 0.25) is 0 Å². The number of likely N-dealkylation sites (tertiary alicyclic amines) is 1. The van der Waals surface area contributed by atoms with Gasteiger partial charge in [0.1, 0.15) is 5.25 Å². The summed E-state index contributed by atoms with van der Waals surface area (Å²) in [5.74, 6) is 0.825. The summed E-state index contributed by atoms with van der Waals surface area (Å²) in [7, 11) is 0. The monoisotopic (exact) mass is 427 g/mol. The highest BCUT2D eigenvalue weighted by Crippen LogP contribution is 2.42. The van der Waals surface area contributed by atoms with Crippen molar-refractivity contribution in [3.63, 3.8) is 0 Å². The third kappa shape index (κ3) is 3.90. The lowest BCUT2D eigenvalue weighted by molar-refractivity contribution is -0.123. The second-order valence-electron chi connectivity index (χ2n) is 8.43. The Balaban J connectivity index is 1.63. The Labute approximate surface area is 181 Å². The summed E-state index contributed by atoms with van der Waals surface area (Å²) >= 11 is 1.50. The zero-order valence-corrected chi connectivity index (χ0v) is 18.6. The average molecular weight is 428 g/mol. The molecule has 0 aliphatic carbocycles. The first-order valence-electron chi connectivity index (χ1n) is 10.7. The molecule has 0 spiro atoms. The first-order chi connectivity index (χ1) is 14.4. The van der Waals surface area contributed by atoms with Crippen molar-refractivity contribution in [2.45, 2.75) is 62.4 Å². The SMILES string of the molecule is CCc1nc2n(n1)C(=O)C(C(c1ccc(C(C)C)cc1)N1CCC(C(N)=O)CC1)S2. The van der Waals surface area contributed by atoms with Gasteiger partial charge in [0, 0.05) is 12.3 Å². The van der Waals surface area contributed by atoms with Gasteiger partial charge in [-0.1, -0.05) is 56.8 Å². The van der Waals surface area contributed by atoms with Gasteiger partial charge in [-0.05, 0) is 43.0 Å². The highest BCUT2D eigenvalue weighted by Gasteiger charge is 2.43. The molecule has 1 aromatic heterocycles. The highest BCUT2D eigenvalue weighted by atomic mass is 32.2. The molecule has 0 radical (unpaired) electrons. The number of hydrogen-bond donors (Lipinski definition) is 1. The molecule has 0 saturated carbocycles. The Bertz CT molecular complexity index is 932. The number of carbonyl (C=O) groups excluding carboxylic acids is 2. The van der Waals surface area contributed by atoms with E-state index in [2.05, 4.69) is 53.1 Å². The highest BCUT2D eigenvalue weighted by molar-refractivity contribution is 8.00. The molecule has 8 heteroatoms. The number of amides is 1. The van der Waals surface area contributed by atoms with Crippen LogP contribution in [0.1, 0.15) is 67.3 Å². The van der Waals surface area contributed by atoms with Crippen LogP contribution in [0.5, 0.6) is 0 Å². The number of aromatic nitrogens is 3. The minimum atomic E-state index is -0.305. The molecule has 2 unspecified atom stereocenters. The largest absolute Gasteiger partial charge is 0.369 e. The molecular formula is C22H29N5O2S. The number of aryl methyl sites for hydroxylation is 1. The van der Waals surface area contributed by atoms with E-state index in [4.69, 9.17) is 5.73 Å². The first-order valence-corrected chi connectivity index (χ1v) is 11.6. The zero-order chi connectivity index (χ0) is 21.4. The van der Waals surface area contributed by atoms with Crippen LogP contribution in [0, 0.1) is 5.92 Å². The van der Waals surface area contributed by atoms with Crippen LogP contribution in [0.3, 0.4) is 0 Å². The van der Waals surface area contributed by atoms with E-state index in [9.17, 15) is 9.59 Å². The Hall–Kier alpha value is -2.19. The summed E-state index contributed by atoms with van der Waals surface area (Å²) in [5, 5.41) is 4.76. The normalized spacial score (nSPS) is 21.2. The summed E-state index contributed by atoms with van der Waals surface area (Å²) in [6.07, 6.45) is 2.16. The summed E-state index contributed by atoms with van der Waals surface area (Å²) in [6, 6.07) is 8.49. The van der Waals surface area contributed by atoms with Gasteiger partial charge in [-0.2, -0.15) is 4.68 Å². The quantitative estimate of drug-likeness (QED) is 0.762. The summed E-state index contributed by atoms with van der Waals surface area (Å²) in [5.41, 5.74) is 7.91. The van der Waals surface area contributed by atoms with E-state index in [-0.39, 0.29) is 29.0 Å². The molecule has 2 atom stereocenters. The van der Waals surface area contributed by atoms with E-state index < -0.39 is 0 Å². The van der Waals surface area contributed by atoms with Crippen molar-refractivity contribution >= 4 is 23.6 Å². The standard InChI is InChI=1S/C22H29N5O2S/c1-4-17-24-22-27(25-17)21(29)19(30-22)18(15-7-5-14(6-8-15)13(2)3)26-11-9-16(10-12-26)20(23)28/h5-8,13,16,18-19H,4,9-12H2,1-3H3,(H2,23,28). The topological polar surface area (TPSA) is 94.1 Å². The number of primary amides is 1. The Morgan fingerprint density at radius 2 is 1.83 bits per heavy atom. The molecule has 1 aromatic carbocycles. The predicted octanol–water partition coefficient (Wildman–Crippen LogP) is 3.02. The van der Waals surface area contributed by atoms with E-state index in [0.29, 0.717) is 23.3 Å². The minimum absolute atomic E-state index is 0.0165. The van der Waals surface area contributed by atoms with Gasteiger partial charge >= 0.3 is 0 Å². The molecule has 2 aliphatic heterocycles. The fourth-order valence-corrected chi connectivity index (χ4v) is 5.58. The predicted molar refractivity (Wildman–Crippen MR) is 116 cm³/mol. The number of thioether (sulfide) groups is 1. The maximum Gasteiger partial charge on any atom is 0.264 e. The van der Waals surface area contributed by atoms with Crippen molar-refractivity contribution in [2.24, 2.45) is 11.7 Å². The fourth-order valence-electron chi connectivity index (χ4n) is 4.31. The van der Waals surface area contributed by atoms with Crippen LogP contribution >= 0.6 is 11.8 Å². The van der Waals surface area contributed by atoms with Gasteiger partial charge in [0.2, 0.25) is 5.91 Å². The number of hydrogen-bond acceptors (Lipinski definition) is 6. The smallest absolute Gasteiger partial charge is 0.264 e. The van der Waals surface area contributed by atoms with Crippen molar-refractivity contribution in [3.05, 3.63) is 41.2 Å². The van der Waals surface area contributed by atoms with Crippen LogP contribution in [-0.2, 0) is 11.2 Å². The number of nitrogens with two attached hydrogens (primary N) is 1. The molecule has 4 rings (SSSR count). The molecule has 2 aromatic rings. The number of benzene rings is 1. The van der Waals surface area contributed by atoms with E-state index in [1.807, 2.05) is 6.92 Å². The Morgan fingerprint density at radius 1 is 1.20 bits per heavy atom. The van der Waals surface area contributed by atoms with Gasteiger partial charge < -0.3 is 5.73 Å².